The summed E-state index contributed by atoms with van der Waals surface area (Å²) in [7, 11) is 0. The minimum Gasteiger partial charge on any atom is -0.492 e. The summed E-state index contributed by atoms with van der Waals surface area (Å²) in [6.45, 7) is 7.04. The van der Waals surface area contributed by atoms with Crippen molar-refractivity contribution in [2.75, 3.05) is 26.2 Å². The summed E-state index contributed by atoms with van der Waals surface area (Å²) in [5.74, 6) is -0.643. The van der Waals surface area contributed by atoms with Crippen molar-refractivity contribution in [2.24, 2.45) is 5.41 Å². The van der Waals surface area contributed by atoms with Crippen LogP contribution in [0.25, 0.3) is 0 Å². The van der Waals surface area contributed by atoms with Crippen molar-refractivity contribution in [2.45, 2.75) is 38.7 Å². The third-order valence-electron chi connectivity index (χ3n) is 6.07. The van der Waals surface area contributed by atoms with E-state index in [0.717, 1.165) is 61.8 Å². The zero-order valence-electron chi connectivity index (χ0n) is 17.8. The summed E-state index contributed by atoms with van der Waals surface area (Å²) in [5.41, 5.74) is 0.760. The summed E-state index contributed by atoms with van der Waals surface area (Å²) in [5, 5.41) is 10.0. The molecule has 7 heteroatoms. The van der Waals surface area contributed by atoms with Gasteiger partial charge in [0.25, 0.3) is 0 Å². The van der Waals surface area contributed by atoms with E-state index in [2.05, 4.69) is 18.7 Å². The first-order valence-electron chi connectivity index (χ1n) is 10.5. The number of halogens is 2. The van der Waals surface area contributed by atoms with Gasteiger partial charge in [0.15, 0.2) is 0 Å². The zero-order valence-corrected chi connectivity index (χ0v) is 18.5. The van der Waals surface area contributed by atoms with E-state index in [1.807, 2.05) is 18.2 Å². The van der Waals surface area contributed by atoms with Crippen LogP contribution in [0.3, 0.4) is 0 Å². The predicted octanol–water partition coefficient (Wildman–Crippen LogP) is 5.05. The molecule has 1 saturated heterocycles. The zero-order chi connectivity index (χ0) is 22.2. The molecule has 2 heterocycles. The Kier molecular flexibility index (Phi) is 5.88. The first-order chi connectivity index (χ1) is 14.6. The maximum atomic E-state index is 13.6. The lowest BCUT2D eigenvalue weighted by atomic mass is 9.85. The van der Waals surface area contributed by atoms with E-state index in [1.54, 1.807) is 0 Å². The molecule has 1 spiro atoms. The summed E-state index contributed by atoms with van der Waals surface area (Å²) in [6.07, 6.45) is 2.76. The van der Waals surface area contributed by atoms with E-state index >= 15 is 0 Å². The highest BCUT2D eigenvalue weighted by atomic mass is 35.5. The Bertz CT molecular complexity index is 986. The van der Waals surface area contributed by atoms with E-state index in [-0.39, 0.29) is 22.3 Å². The Labute approximate surface area is 186 Å². The third-order valence-corrected chi connectivity index (χ3v) is 6.31. The highest BCUT2D eigenvalue weighted by Gasteiger charge is 2.42. The molecule has 5 nitrogen and oxygen atoms in total. The molecule has 0 atom stereocenters. The van der Waals surface area contributed by atoms with Gasteiger partial charge < -0.3 is 19.5 Å². The van der Waals surface area contributed by atoms with Crippen LogP contribution in [-0.2, 0) is 6.42 Å². The molecule has 2 aromatic carbocycles. The minimum atomic E-state index is -1.13. The number of hydrogen-bond donors (Lipinski definition) is 1. The summed E-state index contributed by atoms with van der Waals surface area (Å²) in [4.78, 5) is 13.8. The topological polar surface area (TPSA) is 59.0 Å². The van der Waals surface area contributed by atoms with Gasteiger partial charge in [-0.3, -0.25) is 0 Å². The van der Waals surface area contributed by atoms with Gasteiger partial charge in [-0.05, 0) is 35.9 Å². The van der Waals surface area contributed by atoms with Crippen LogP contribution in [0.1, 0.15) is 42.6 Å². The van der Waals surface area contributed by atoms with Crippen molar-refractivity contribution >= 4 is 17.6 Å². The van der Waals surface area contributed by atoms with Gasteiger partial charge in [-0.25, -0.2) is 9.18 Å². The fraction of sp³-hybridized carbons (Fsp3) is 0.458. The SMILES string of the molecule is CC(C)(COc1cc(F)ccc1C(=O)O)CN1CCC2(CC1)Cc1cc(Cl)ccc1O2. The van der Waals surface area contributed by atoms with Crippen molar-refractivity contribution in [3.05, 3.63) is 58.4 Å². The molecule has 0 radical (unpaired) electrons. The molecule has 0 unspecified atom stereocenters. The number of carbonyl (C=O) groups is 1. The summed E-state index contributed by atoms with van der Waals surface area (Å²) >= 11 is 6.13. The Morgan fingerprint density at radius 1 is 1.26 bits per heavy atom. The van der Waals surface area contributed by atoms with Crippen molar-refractivity contribution in [1.82, 2.24) is 4.90 Å². The van der Waals surface area contributed by atoms with Gasteiger partial charge in [0.2, 0.25) is 0 Å². The number of nitrogens with zero attached hydrogens (tertiary/aromatic N) is 1. The monoisotopic (exact) mass is 447 g/mol. The molecule has 4 rings (SSSR count). The number of aromatic carboxylic acids is 1. The molecule has 31 heavy (non-hydrogen) atoms. The van der Waals surface area contributed by atoms with Gasteiger partial charge in [0.05, 0.1) is 6.61 Å². The van der Waals surface area contributed by atoms with Gasteiger partial charge in [-0.1, -0.05) is 25.4 Å². The first kappa shape index (κ1) is 21.9. The second kappa shape index (κ2) is 8.32. The van der Waals surface area contributed by atoms with Crippen LogP contribution in [0.2, 0.25) is 5.02 Å². The summed E-state index contributed by atoms with van der Waals surface area (Å²) < 4.78 is 25.6. The van der Waals surface area contributed by atoms with Crippen LogP contribution in [-0.4, -0.2) is 47.8 Å². The lowest BCUT2D eigenvalue weighted by Gasteiger charge is -2.41. The van der Waals surface area contributed by atoms with Gasteiger partial charge in [0, 0.05) is 55.4 Å². The molecule has 0 saturated carbocycles. The minimum absolute atomic E-state index is 0.0323. The van der Waals surface area contributed by atoms with E-state index < -0.39 is 11.8 Å². The third kappa shape index (κ3) is 4.96. The molecule has 0 aliphatic carbocycles. The van der Waals surface area contributed by atoms with Gasteiger partial charge in [-0.15, -0.1) is 0 Å². The number of likely N-dealkylation sites (tertiary alicyclic amines) is 1. The predicted molar refractivity (Wildman–Crippen MR) is 117 cm³/mol. The molecule has 0 bridgehead atoms. The molecule has 1 fully saturated rings. The Balaban J connectivity index is 1.32. The molecule has 1 N–H and O–H groups in total. The summed E-state index contributed by atoms with van der Waals surface area (Å²) in [6, 6.07) is 9.31. The maximum absolute atomic E-state index is 13.6. The number of hydrogen-bond acceptors (Lipinski definition) is 4. The van der Waals surface area contributed by atoms with Crippen LogP contribution >= 0.6 is 11.6 Å². The normalized spacial score (nSPS) is 17.9. The van der Waals surface area contributed by atoms with Gasteiger partial charge in [-0.2, -0.15) is 0 Å². The van der Waals surface area contributed by atoms with Crippen LogP contribution < -0.4 is 9.47 Å². The smallest absolute Gasteiger partial charge is 0.339 e. The van der Waals surface area contributed by atoms with Crippen LogP contribution in [0.15, 0.2) is 36.4 Å². The molecular formula is C24H27ClFNO4. The largest absolute Gasteiger partial charge is 0.492 e. The molecule has 166 valence electrons. The number of carboxylic acids is 1. The maximum Gasteiger partial charge on any atom is 0.339 e. The standard InChI is InChI=1S/C24H27ClFNO4/c1-23(2,15-30-21-12-18(26)4-5-19(21)22(28)29)14-27-9-7-24(8-10-27)13-16-11-17(25)3-6-20(16)31-24/h3-6,11-12H,7-10,13-15H2,1-2H3,(H,28,29). The van der Waals surface area contributed by atoms with Crippen molar-refractivity contribution in [1.29, 1.82) is 0 Å². The second-order valence-corrected chi connectivity index (χ2v) is 9.83. The fourth-order valence-corrected chi connectivity index (χ4v) is 4.71. The molecule has 2 aromatic rings. The Hall–Kier alpha value is -2.31. The molecule has 0 amide bonds. The lowest BCUT2D eigenvalue weighted by Crippen LogP contribution is -2.50. The van der Waals surface area contributed by atoms with Crippen molar-refractivity contribution < 1.29 is 23.8 Å². The molecule has 0 aromatic heterocycles. The average molecular weight is 448 g/mol. The highest BCUT2D eigenvalue weighted by Crippen LogP contribution is 2.42. The second-order valence-electron chi connectivity index (χ2n) is 9.39. The number of carboxylic acid groups (broad SMARTS) is 1. The van der Waals surface area contributed by atoms with E-state index in [1.165, 1.54) is 11.6 Å². The van der Waals surface area contributed by atoms with E-state index in [4.69, 9.17) is 21.1 Å². The molecule has 2 aliphatic heterocycles. The number of ether oxygens (including phenoxy) is 2. The van der Waals surface area contributed by atoms with Crippen LogP contribution in [0.5, 0.6) is 11.5 Å². The molecular weight excluding hydrogens is 421 g/mol. The van der Waals surface area contributed by atoms with Crippen LogP contribution in [0.4, 0.5) is 4.39 Å². The van der Waals surface area contributed by atoms with E-state index in [9.17, 15) is 14.3 Å². The lowest BCUT2D eigenvalue weighted by molar-refractivity contribution is 0.00370. The number of piperidine rings is 1. The van der Waals surface area contributed by atoms with Crippen molar-refractivity contribution in [3.8, 4) is 11.5 Å². The highest BCUT2D eigenvalue weighted by molar-refractivity contribution is 6.30. The average Bonchev–Trinajstić information content (AvgIpc) is 3.05. The first-order valence-corrected chi connectivity index (χ1v) is 10.9. The number of fused-ring (bicyclic) bond motifs is 1. The van der Waals surface area contributed by atoms with E-state index in [0.29, 0.717) is 6.61 Å². The van der Waals surface area contributed by atoms with Gasteiger partial charge >= 0.3 is 5.97 Å². The number of benzene rings is 2. The van der Waals surface area contributed by atoms with Gasteiger partial charge in [0.1, 0.15) is 28.5 Å². The Morgan fingerprint density at radius 3 is 2.71 bits per heavy atom. The molecule has 2 aliphatic rings. The van der Waals surface area contributed by atoms with Crippen LogP contribution in [0, 0.1) is 11.2 Å². The number of rotatable bonds is 6. The van der Waals surface area contributed by atoms with Crippen molar-refractivity contribution in [3.63, 3.8) is 0 Å². The fourth-order valence-electron chi connectivity index (χ4n) is 4.52. The quantitative estimate of drug-likeness (QED) is 0.671. The Morgan fingerprint density at radius 2 is 2.00 bits per heavy atom.